The van der Waals surface area contributed by atoms with Crippen LogP contribution in [0.15, 0.2) is 28.8 Å². The van der Waals surface area contributed by atoms with Gasteiger partial charge in [-0.1, -0.05) is 0 Å². The van der Waals surface area contributed by atoms with Gasteiger partial charge in [0.2, 0.25) is 0 Å². The number of nitrogens with one attached hydrogen (secondary N) is 1. The smallest absolute Gasteiger partial charge is 0.250 e. The molecule has 0 fully saturated rings. The van der Waals surface area contributed by atoms with Crippen molar-refractivity contribution >= 4 is 17.4 Å². The zero-order chi connectivity index (χ0) is 13.1. The van der Waals surface area contributed by atoms with Gasteiger partial charge in [0.25, 0.3) is 5.91 Å². The molecule has 2 aromatic rings. The number of furan rings is 1. The topological polar surface area (TPSA) is 107 Å². The molecule has 18 heavy (non-hydrogen) atoms. The lowest BCUT2D eigenvalue weighted by Gasteiger charge is -2.06. The van der Waals surface area contributed by atoms with Crippen LogP contribution in [0.2, 0.25) is 0 Å². The largest absolute Gasteiger partial charge is 0.465 e. The minimum Gasteiger partial charge on any atom is -0.465 e. The lowest BCUT2D eigenvalue weighted by Crippen LogP contribution is -2.14. The second kappa shape index (κ2) is 4.79. The van der Waals surface area contributed by atoms with Gasteiger partial charge in [0.1, 0.15) is 17.3 Å². The molecule has 0 saturated carbocycles. The summed E-state index contributed by atoms with van der Waals surface area (Å²) in [5, 5.41) is 3.03. The first-order chi connectivity index (χ1) is 8.56. The van der Waals surface area contributed by atoms with Crippen molar-refractivity contribution in [3.63, 3.8) is 0 Å². The minimum atomic E-state index is -0.577. The number of primary amides is 1. The molecule has 94 valence electrons. The first-order valence-corrected chi connectivity index (χ1v) is 5.41. The second-order valence-electron chi connectivity index (χ2n) is 3.89. The van der Waals surface area contributed by atoms with Gasteiger partial charge >= 0.3 is 0 Å². The van der Waals surface area contributed by atoms with Gasteiger partial charge in [-0.25, -0.2) is 4.98 Å². The Kier molecular flexibility index (Phi) is 3.18. The summed E-state index contributed by atoms with van der Waals surface area (Å²) in [5.41, 5.74) is 11.3. The van der Waals surface area contributed by atoms with E-state index in [-0.39, 0.29) is 11.3 Å². The standard InChI is InChI=1S/C12H14N4O2/c1-7-2-3-8(18-7)5-15-11-4-9(12(14)17)10(13)6-16-11/h2-4,6H,5,13H2,1H3,(H2,14,17)(H,15,16). The molecule has 2 aromatic heterocycles. The third kappa shape index (κ3) is 2.60. The highest BCUT2D eigenvalue weighted by atomic mass is 16.3. The molecule has 0 aliphatic heterocycles. The van der Waals surface area contributed by atoms with Crippen molar-refractivity contribution in [3.05, 3.63) is 41.5 Å². The number of hydrogen-bond donors (Lipinski definition) is 3. The molecule has 0 saturated heterocycles. The number of pyridine rings is 1. The molecule has 1 amide bonds. The zero-order valence-electron chi connectivity index (χ0n) is 9.93. The van der Waals surface area contributed by atoms with E-state index in [1.165, 1.54) is 12.3 Å². The lowest BCUT2D eigenvalue weighted by molar-refractivity contribution is 0.100. The molecule has 0 bridgehead atoms. The maximum Gasteiger partial charge on any atom is 0.250 e. The van der Waals surface area contributed by atoms with Gasteiger partial charge in [-0.05, 0) is 25.1 Å². The van der Waals surface area contributed by atoms with E-state index in [9.17, 15) is 4.79 Å². The van der Waals surface area contributed by atoms with Crippen LogP contribution in [0, 0.1) is 6.92 Å². The van der Waals surface area contributed by atoms with E-state index in [1.54, 1.807) is 0 Å². The summed E-state index contributed by atoms with van der Waals surface area (Å²) < 4.78 is 5.40. The van der Waals surface area contributed by atoms with Gasteiger partial charge < -0.3 is 21.2 Å². The molecule has 6 heteroatoms. The van der Waals surface area contributed by atoms with Crippen molar-refractivity contribution in [2.24, 2.45) is 5.73 Å². The van der Waals surface area contributed by atoms with E-state index >= 15 is 0 Å². The van der Waals surface area contributed by atoms with Crippen LogP contribution in [0.25, 0.3) is 0 Å². The molecule has 2 heterocycles. The molecule has 0 atom stereocenters. The molecule has 6 nitrogen and oxygen atoms in total. The Labute approximate surface area is 104 Å². The Bertz CT molecular complexity index is 577. The quantitative estimate of drug-likeness (QED) is 0.753. The molecule has 0 unspecified atom stereocenters. The summed E-state index contributed by atoms with van der Waals surface area (Å²) in [4.78, 5) is 15.2. The third-order valence-electron chi connectivity index (χ3n) is 2.44. The van der Waals surface area contributed by atoms with Gasteiger partial charge in [-0.2, -0.15) is 0 Å². The van der Waals surface area contributed by atoms with E-state index in [0.29, 0.717) is 12.4 Å². The predicted molar refractivity (Wildman–Crippen MR) is 67.9 cm³/mol. The van der Waals surface area contributed by atoms with E-state index in [0.717, 1.165) is 11.5 Å². The maximum absolute atomic E-state index is 11.1. The third-order valence-corrected chi connectivity index (χ3v) is 2.44. The fourth-order valence-corrected chi connectivity index (χ4v) is 1.53. The van der Waals surface area contributed by atoms with Crippen LogP contribution < -0.4 is 16.8 Å². The number of nitrogens with two attached hydrogens (primary N) is 2. The number of rotatable bonds is 4. The highest BCUT2D eigenvalue weighted by Crippen LogP contribution is 2.15. The normalized spacial score (nSPS) is 10.3. The van der Waals surface area contributed by atoms with Gasteiger partial charge in [0.05, 0.1) is 24.0 Å². The number of aromatic nitrogens is 1. The molecular formula is C12H14N4O2. The molecule has 0 aliphatic carbocycles. The van der Waals surface area contributed by atoms with Gasteiger partial charge in [-0.3, -0.25) is 4.79 Å². The Morgan fingerprint density at radius 2 is 2.28 bits per heavy atom. The van der Waals surface area contributed by atoms with Crippen molar-refractivity contribution < 1.29 is 9.21 Å². The molecule has 0 aliphatic rings. The fraction of sp³-hybridized carbons (Fsp3) is 0.167. The fourth-order valence-electron chi connectivity index (χ4n) is 1.53. The highest BCUT2D eigenvalue weighted by molar-refractivity contribution is 5.98. The van der Waals surface area contributed by atoms with Crippen LogP contribution in [0.5, 0.6) is 0 Å². The van der Waals surface area contributed by atoms with Crippen LogP contribution in [0.4, 0.5) is 11.5 Å². The number of nitrogen functional groups attached to an aromatic ring is 1. The monoisotopic (exact) mass is 246 g/mol. The minimum absolute atomic E-state index is 0.253. The molecular weight excluding hydrogens is 232 g/mol. The number of hydrogen-bond acceptors (Lipinski definition) is 5. The maximum atomic E-state index is 11.1. The van der Waals surface area contributed by atoms with Gasteiger partial charge in [-0.15, -0.1) is 0 Å². The van der Waals surface area contributed by atoms with Crippen LogP contribution in [-0.2, 0) is 6.54 Å². The molecule has 0 spiro atoms. The van der Waals surface area contributed by atoms with E-state index in [4.69, 9.17) is 15.9 Å². The van der Waals surface area contributed by atoms with E-state index < -0.39 is 5.91 Å². The highest BCUT2D eigenvalue weighted by Gasteiger charge is 2.08. The summed E-state index contributed by atoms with van der Waals surface area (Å²) in [6.07, 6.45) is 1.40. The number of carbonyl (C=O) groups is 1. The Balaban J connectivity index is 2.10. The Hall–Kier alpha value is -2.50. The van der Waals surface area contributed by atoms with Gasteiger partial charge in [0, 0.05) is 0 Å². The number of nitrogens with zero attached hydrogens (tertiary/aromatic N) is 1. The SMILES string of the molecule is Cc1ccc(CNc2cc(C(N)=O)c(N)cn2)o1. The summed E-state index contributed by atoms with van der Waals surface area (Å²) in [5.74, 6) is 1.57. The van der Waals surface area contributed by atoms with Crippen molar-refractivity contribution in [1.29, 1.82) is 0 Å². The Morgan fingerprint density at radius 3 is 2.89 bits per heavy atom. The summed E-state index contributed by atoms with van der Waals surface area (Å²) >= 11 is 0. The average Bonchev–Trinajstić information content (AvgIpc) is 2.74. The Morgan fingerprint density at radius 1 is 1.50 bits per heavy atom. The predicted octanol–water partition coefficient (Wildman–Crippen LogP) is 1.28. The molecule has 5 N–H and O–H groups in total. The molecule has 0 radical (unpaired) electrons. The lowest BCUT2D eigenvalue weighted by atomic mass is 10.2. The van der Waals surface area contributed by atoms with Crippen molar-refractivity contribution in [2.45, 2.75) is 13.5 Å². The molecule has 0 aromatic carbocycles. The van der Waals surface area contributed by atoms with Crippen molar-refractivity contribution in [3.8, 4) is 0 Å². The van der Waals surface area contributed by atoms with E-state index in [2.05, 4.69) is 10.3 Å². The number of aryl methyl sites for hydroxylation is 1. The number of amides is 1. The van der Waals surface area contributed by atoms with Crippen LogP contribution in [0.3, 0.4) is 0 Å². The molecule has 2 rings (SSSR count). The summed E-state index contributed by atoms with van der Waals surface area (Å²) in [6, 6.07) is 5.27. The first-order valence-electron chi connectivity index (χ1n) is 5.41. The van der Waals surface area contributed by atoms with Crippen LogP contribution in [-0.4, -0.2) is 10.9 Å². The first kappa shape index (κ1) is 12.0. The van der Waals surface area contributed by atoms with Gasteiger partial charge in [0.15, 0.2) is 0 Å². The summed E-state index contributed by atoms with van der Waals surface area (Å²) in [7, 11) is 0. The van der Waals surface area contributed by atoms with Crippen molar-refractivity contribution in [1.82, 2.24) is 4.98 Å². The van der Waals surface area contributed by atoms with E-state index in [1.807, 2.05) is 19.1 Å². The number of anilines is 2. The second-order valence-corrected chi connectivity index (χ2v) is 3.89. The number of carbonyl (C=O) groups excluding carboxylic acids is 1. The van der Waals surface area contributed by atoms with Crippen molar-refractivity contribution in [2.75, 3.05) is 11.1 Å². The average molecular weight is 246 g/mol. The van der Waals surface area contributed by atoms with Crippen LogP contribution >= 0.6 is 0 Å². The van der Waals surface area contributed by atoms with Crippen LogP contribution in [0.1, 0.15) is 21.9 Å². The summed E-state index contributed by atoms with van der Waals surface area (Å²) in [6.45, 7) is 2.35. The zero-order valence-corrected chi connectivity index (χ0v) is 9.93.